The van der Waals surface area contributed by atoms with Crippen molar-refractivity contribution in [2.75, 3.05) is 14.2 Å². The van der Waals surface area contributed by atoms with Crippen LogP contribution in [0.4, 0.5) is 5.69 Å². The van der Waals surface area contributed by atoms with E-state index in [9.17, 15) is 9.59 Å². The predicted octanol–water partition coefficient (Wildman–Crippen LogP) is 3.29. The Morgan fingerprint density at radius 1 is 1.19 bits per heavy atom. The number of carbonyl (C=O) groups is 2. The van der Waals surface area contributed by atoms with Crippen molar-refractivity contribution in [1.29, 1.82) is 0 Å². The first kappa shape index (κ1) is 18.5. The molecule has 1 amide bonds. The molecule has 2 aromatic carbocycles. The fourth-order valence-electron chi connectivity index (χ4n) is 2.47. The number of amides is 1. The molecule has 2 N–H and O–H groups in total. The number of rotatable bonds is 5. The zero-order valence-electron chi connectivity index (χ0n) is 14.6. The molecule has 0 saturated carbocycles. The first-order valence-electron chi connectivity index (χ1n) is 7.85. The summed E-state index contributed by atoms with van der Waals surface area (Å²) in [5.41, 5.74) is 1.27. The number of thioether (sulfide) groups is 1. The van der Waals surface area contributed by atoms with Gasteiger partial charge in [-0.05, 0) is 42.1 Å². The lowest BCUT2D eigenvalue weighted by atomic mass is 10.1. The number of nitrogens with zero attached hydrogens (tertiary/aromatic N) is 1. The second-order valence-electron chi connectivity index (χ2n) is 5.42. The van der Waals surface area contributed by atoms with Crippen molar-refractivity contribution in [3.8, 4) is 11.5 Å². The number of nitrogens with one attached hydrogen (secondary N) is 1. The van der Waals surface area contributed by atoms with Gasteiger partial charge in [-0.1, -0.05) is 18.2 Å². The zero-order valence-corrected chi connectivity index (χ0v) is 15.4. The Labute approximate surface area is 159 Å². The molecule has 27 heavy (non-hydrogen) atoms. The lowest BCUT2D eigenvalue weighted by Gasteiger charge is -2.10. The highest BCUT2D eigenvalue weighted by atomic mass is 32.2. The fourth-order valence-corrected chi connectivity index (χ4v) is 3.31. The van der Waals surface area contributed by atoms with Crippen LogP contribution in [0.1, 0.15) is 15.9 Å². The Kier molecular flexibility index (Phi) is 5.46. The topological polar surface area (TPSA) is 97.2 Å². The number of amidine groups is 1. The summed E-state index contributed by atoms with van der Waals surface area (Å²) in [6, 6.07) is 11.6. The quantitative estimate of drug-likeness (QED) is 0.768. The molecule has 0 unspecified atom stereocenters. The monoisotopic (exact) mass is 384 g/mol. The predicted molar refractivity (Wildman–Crippen MR) is 104 cm³/mol. The minimum atomic E-state index is -1.04. The molecule has 1 fully saturated rings. The molecule has 0 radical (unpaired) electrons. The SMILES string of the molecule is COc1cccc(/C=C2\SC(=Nc3cccc(C(=O)O)c3)NC2=O)c1OC. The summed E-state index contributed by atoms with van der Waals surface area (Å²) in [4.78, 5) is 28.1. The molecule has 3 rings (SSSR count). The van der Waals surface area contributed by atoms with Crippen LogP contribution in [0.2, 0.25) is 0 Å². The van der Waals surface area contributed by atoms with Crippen LogP contribution in [0.15, 0.2) is 52.4 Å². The van der Waals surface area contributed by atoms with Gasteiger partial charge < -0.3 is 19.9 Å². The van der Waals surface area contributed by atoms with Gasteiger partial charge in [0.15, 0.2) is 16.7 Å². The number of aliphatic imine (C=N–C) groups is 1. The molecule has 1 aliphatic rings. The van der Waals surface area contributed by atoms with Gasteiger partial charge in [-0.15, -0.1) is 0 Å². The molecule has 1 aliphatic heterocycles. The summed E-state index contributed by atoms with van der Waals surface area (Å²) in [6.07, 6.45) is 1.69. The van der Waals surface area contributed by atoms with Crippen LogP contribution in [0.3, 0.4) is 0 Å². The van der Waals surface area contributed by atoms with Crippen molar-refractivity contribution in [2.45, 2.75) is 0 Å². The minimum absolute atomic E-state index is 0.128. The third-order valence-electron chi connectivity index (χ3n) is 3.69. The second kappa shape index (κ2) is 7.96. The Hall–Kier alpha value is -3.26. The van der Waals surface area contributed by atoms with Gasteiger partial charge in [0.2, 0.25) is 0 Å². The van der Waals surface area contributed by atoms with Crippen molar-refractivity contribution in [3.05, 3.63) is 58.5 Å². The summed E-state index contributed by atoms with van der Waals surface area (Å²) < 4.78 is 10.6. The highest BCUT2D eigenvalue weighted by Crippen LogP contribution is 2.35. The third kappa shape index (κ3) is 4.12. The normalized spacial score (nSPS) is 16.4. The molecule has 1 saturated heterocycles. The third-order valence-corrected chi connectivity index (χ3v) is 4.60. The Bertz CT molecular complexity index is 968. The van der Waals surface area contributed by atoms with Gasteiger partial charge in [-0.2, -0.15) is 0 Å². The minimum Gasteiger partial charge on any atom is -0.493 e. The number of methoxy groups -OCH3 is 2. The average molecular weight is 384 g/mol. The number of carboxylic acid groups (broad SMARTS) is 1. The van der Waals surface area contributed by atoms with Crippen LogP contribution < -0.4 is 14.8 Å². The molecule has 7 nitrogen and oxygen atoms in total. The largest absolute Gasteiger partial charge is 0.493 e. The van der Waals surface area contributed by atoms with Crippen LogP contribution >= 0.6 is 11.8 Å². The summed E-state index contributed by atoms with van der Waals surface area (Å²) in [6.45, 7) is 0. The van der Waals surface area contributed by atoms with Gasteiger partial charge in [0.25, 0.3) is 5.91 Å². The summed E-state index contributed by atoms with van der Waals surface area (Å²) in [7, 11) is 3.08. The van der Waals surface area contributed by atoms with Gasteiger partial charge in [0.1, 0.15) is 0 Å². The van der Waals surface area contributed by atoms with Crippen molar-refractivity contribution >= 4 is 40.6 Å². The van der Waals surface area contributed by atoms with Crippen molar-refractivity contribution in [1.82, 2.24) is 5.32 Å². The number of aromatic carboxylic acids is 1. The lowest BCUT2D eigenvalue weighted by molar-refractivity contribution is -0.115. The van der Waals surface area contributed by atoms with E-state index in [0.29, 0.717) is 32.8 Å². The van der Waals surface area contributed by atoms with E-state index in [2.05, 4.69) is 10.3 Å². The lowest BCUT2D eigenvalue weighted by Crippen LogP contribution is -2.19. The van der Waals surface area contributed by atoms with E-state index < -0.39 is 5.97 Å². The smallest absolute Gasteiger partial charge is 0.335 e. The van der Waals surface area contributed by atoms with Crippen molar-refractivity contribution < 1.29 is 24.2 Å². The van der Waals surface area contributed by atoms with Gasteiger partial charge in [0.05, 0.1) is 30.4 Å². The van der Waals surface area contributed by atoms with E-state index in [1.165, 1.54) is 19.2 Å². The maximum absolute atomic E-state index is 12.3. The molecule has 2 aromatic rings. The van der Waals surface area contributed by atoms with Crippen LogP contribution in [0.25, 0.3) is 6.08 Å². The number of benzene rings is 2. The van der Waals surface area contributed by atoms with E-state index in [1.54, 1.807) is 37.5 Å². The molecule has 0 aromatic heterocycles. The maximum atomic E-state index is 12.3. The van der Waals surface area contributed by atoms with Crippen molar-refractivity contribution in [2.24, 2.45) is 4.99 Å². The molecule has 8 heteroatoms. The maximum Gasteiger partial charge on any atom is 0.335 e. The van der Waals surface area contributed by atoms with Gasteiger partial charge in [-0.3, -0.25) is 4.79 Å². The number of hydrogen-bond acceptors (Lipinski definition) is 6. The molecule has 0 atom stereocenters. The highest BCUT2D eigenvalue weighted by Gasteiger charge is 2.24. The number of para-hydroxylation sites is 1. The number of ether oxygens (including phenoxy) is 2. The van der Waals surface area contributed by atoms with Crippen molar-refractivity contribution in [3.63, 3.8) is 0 Å². The standard InChI is InChI=1S/C19H16N2O5S/c1-25-14-8-4-5-11(16(14)26-2)10-15-17(22)21-19(27-15)20-13-7-3-6-12(9-13)18(23)24/h3-10H,1-2H3,(H,23,24)(H,20,21,22)/b15-10-. The molecule has 0 aliphatic carbocycles. The van der Waals surface area contributed by atoms with E-state index >= 15 is 0 Å². The molecule has 1 heterocycles. The fraction of sp³-hybridized carbons (Fsp3) is 0.105. The van der Waals surface area contributed by atoms with Gasteiger partial charge >= 0.3 is 5.97 Å². The first-order chi connectivity index (χ1) is 13.0. The number of carbonyl (C=O) groups excluding carboxylic acids is 1. The Morgan fingerprint density at radius 2 is 1.96 bits per heavy atom. The molecule has 0 spiro atoms. The molecular formula is C19H16N2O5S. The molecule has 0 bridgehead atoms. The van der Waals surface area contributed by atoms with E-state index in [4.69, 9.17) is 14.6 Å². The first-order valence-corrected chi connectivity index (χ1v) is 8.67. The van der Waals surface area contributed by atoms with E-state index in [-0.39, 0.29) is 11.5 Å². The van der Waals surface area contributed by atoms with Gasteiger partial charge in [0, 0.05) is 5.56 Å². The summed E-state index contributed by atoms with van der Waals surface area (Å²) in [5, 5.41) is 12.1. The number of hydrogen-bond donors (Lipinski definition) is 2. The van der Waals surface area contributed by atoms with Gasteiger partial charge in [-0.25, -0.2) is 9.79 Å². The van der Waals surface area contributed by atoms with E-state index in [1.807, 2.05) is 6.07 Å². The van der Waals surface area contributed by atoms with Crippen LogP contribution in [-0.4, -0.2) is 36.4 Å². The summed E-state index contributed by atoms with van der Waals surface area (Å²) >= 11 is 1.16. The Balaban J connectivity index is 1.89. The van der Waals surface area contributed by atoms with Crippen LogP contribution in [0.5, 0.6) is 11.5 Å². The second-order valence-corrected chi connectivity index (χ2v) is 6.45. The average Bonchev–Trinajstić information content (AvgIpc) is 3.00. The van der Waals surface area contributed by atoms with E-state index in [0.717, 1.165) is 11.8 Å². The Morgan fingerprint density at radius 3 is 2.67 bits per heavy atom. The highest BCUT2D eigenvalue weighted by molar-refractivity contribution is 8.18. The van der Waals surface area contributed by atoms with Crippen LogP contribution in [-0.2, 0) is 4.79 Å². The number of carboxylic acids is 1. The van der Waals surface area contributed by atoms with Crippen LogP contribution in [0, 0.1) is 0 Å². The molecular weight excluding hydrogens is 368 g/mol. The molecule has 138 valence electrons. The summed E-state index contributed by atoms with van der Waals surface area (Å²) in [5.74, 6) is -0.237. The zero-order chi connectivity index (χ0) is 19.4.